The molecular formula is C10H9N5O. The Morgan fingerprint density at radius 3 is 3.19 bits per heavy atom. The van der Waals surface area contributed by atoms with Crippen LogP contribution in [0.15, 0.2) is 18.6 Å². The summed E-state index contributed by atoms with van der Waals surface area (Å²) in [6, 6.07) is 1.99. The standard InChI is InChI=1S/C10H9N5O/c1-6-2-7-4-15-9(12-5-13-15)10(16)14-8(7)11-3-6/h2-3,5H,4H2,1H3,(H,11,14,16). The van der Waals surface area contributed by atoms with Crippen LogP contribution in [0.5, 0.6) is 0 Å². The number of anilines is 1. The molecule has 1 aliphatic rings. The number of nitrogens with zero attached hydrogens (tertiary/aromatic N) is 4. The Morgan fingerprint density at radius 2 is 2.31 bits per heavy atom. The second-order valence-corrected chi connectivity index (χ2v) is 3.72. The number of aryl methyl sites for hydroxylation is 1. The first-order valence-corrected chi connectivity index (χ1v) is 4.89. The molecule has 2 aromatic heterocycles. The van der Waals surface area contributed by atoms with Crippen LogP contribution in [-0.4, -0.2) is 25.7 Å². The van der Waals surface area contributed by atoms with Crippen LogP contribution in [0.25, 0.3) is 0 Å². The van der Waals surface area contributed by atoms with Gasteiger partial charge in [-0.3, -0.25) is 4.79 Å². The van der Waals surface area contributed by atoms with Crippen LogP contribution in [0, 0.1) is 6.92 Å². The van der Waals surface area contributed by atoms with Crippen molar-refractivity contribution in [3.63, 3.8) is 0 Å². The molecule has 0 atom stereocenters. The van der Waals surface area contributed by atoms with Gasteiger partial charge in [-0.15, -0.1) is 0 Å². The first kappa shape index (κ1) is 9.02. The maximum absolute atomic E-state index is 11.7. The summed E-state index contributed by atoms with van der Waals surface area (Å²) in [4.78, 5) is 19.8. The van der Waals surface area contributed by atoms with Gasteiger partial charge >= 0.3 is 0 Å². The number of carbonyl (C=O) groups is 1. The van der Waals surface area contributed by atoms with Crippen LogP contribution in [-0.2, 0) is 6.54 Å². The van der Waals surface area contributed by atoms with Crippen molar-refractivity contribution in [1.29, 1.82) is 0 Å². The lowest BCUT2D eigenvalue weighted by Crippen LogP contribution is -2.15. The summed E-state index contributed by atoms with van der Waals surface area (Å²) in [5.74, 6) is 0.631. The maximum Gasteiger partial charge on any atom is 0.294 e. The molecule has 0 aromatic carbocycles. The van der Waals surface area contributed by atoms with E-state index in [2.05, 4.69) is 20.4 Å². The molecule has 0 radical (unpaired) electrons. The molecule has 6 nitrogen and oxygen atoms in total. The Bertz CT molecular complexity index is 574. The minimum absolute atomic E-state index is 0.271. The fourth-order valence-electron chi connectivity index (χ4n) is 1.74. The van der Waals surface area contributed by atoms with Gasteiger partial charge in [-0.2, -0.15) is 5.10 Å². The Labute approximate surface area is 91.3 Å². The average Bonchev–Trinajstić information content (AvgIpc) is 2.65. The van der Waals surface area contributed by atoms with Crippen molar-refractivity contribution < 1.29 is 4.79 Å². The van der Waals surface area contributed by atoms with E-state index < -0.39 is 0 Å². The third-order valence-electron chi connectivity index (χ3n) is 2.47. The summed E-state index contributed by atoms with van der Waals surface area (Å²) in [5, 5.41) is 6.73. The summed E-state index contributed by atoms with van der Waals surface area (Å²) in [5.41, 5.74) is 1.99. The molecule has 16 heavy (non-hydrogen) atoms. The average molecular weight is 215 g/mol. The SMILES string of the molecule is Cc1cnc2c(c1)Cn1ncnc1C(=O)N2. The van der Waals surface area contributed by atoms with Crippen LogP contribution in [0.1, 0.15) is 21.7 Å². The van der Waals surface area contributed by atoms with Crippen LogP contribution in [0.4, 0.5) is 5.82 Å². The number of rotatable bonds is 0. The quantitative estimate of drug-likeness (QED) is 0.698. The van der Waals surface area contributed by atoms with E-state index in [0.717, 1.165) is 11.1 Å². The smallest absolute Gasteiger partial charge is 0.294 e. The van der Waals surface area contributed by atoms with Gasteiger partial charge in [0.05, 0.1) is 6.54 Å². The van der Waals surface area contributed by atoms with Crippen LogP contribution < -0.4 is 5.32 Å². The van der Waals surface area contributed by atoms with E-state index in [1.165, 1.54) is 6.33 Å². The number of hydrogen-bond acceptors (Lipinski definition) is 4. The summed E-state index contributed by atoms with van der Waals surface area (Å²) < 4.78 is 1.57. The fourth-order valence-corrected chi connectivity index (χ4v) is 1.74. The van der Waals surface area contributed by atoms with E-state index in [0.29, 0.717) is 18.2 Å². The molecule has 0 spiro atoms. The van der Waals surface area contributed by atoms with Crippen LogP contribution in [0.2, 0.25) is 0 Å². The zero-order valence-electron chi connectivity index (χ0n) is 8.64. The lowest BCUT2D eigenvalue weighted by Gasteiger charge is -2.05. The molecule has 1 amide bonds. The summed E-state index contributed by atoms with van der Waals surface area (Å²) in [6.07, 6.45) is 3.10. The van der Waals surface area contributed by atoms with E-state index in [1.807, 2.05) is 13.0 Å². The van der Waals surface area contributed by atoms with Crippen molar-refractivity contribution >= 4 is 11.7 Å². The molecule has 0 saturated heterocycles. The predicted molar refractivity (Wildman–Crippen MR) is 56.1 cm³/mol. The van der Waals surface area contributed by atoms with Gasteiger partial charge in [-0.1, -0.05) is 0 Å². The van der Waals surface area contributed by atoms with Gasteiger partial charge in [0.25, 0.3) is 5.91 Å². The molecule has 0 bridgehead atoms. The maximum atomic E-state index is 11.7. The topological polar surface area (TPSA) is 72.7 Å². The number of fused-ring (bicyclic) bond motifs is 2. The van der Waals surface area contributed by atoms with E-state index in [-0.39, 0.29) is 5.91 Å². The summed E-state index contributed by atoms with van der Waals surface area (Å²) >= 11 is 0. The van der Waals surface area contributed by atoms with Gasteiger partial charge in [-0.05, 0) is 18.6 Å². The second-order valence-electron chi connectivity index (χ2n) is 3.72. The highest BCUT2D eigenvalue weighted by molar-refractivity contribution is 6.02. The Kier molecular flexibility index (Phi) is 1.76. The number of pyridine rings is 1. The Hall–Kier alpha value is -2.24. The third-order valence-corrected chi connectivity index (χ3v) is 2.47. The van der Waals surface area contributed by atoms with Gasteiger partial charge in [0.2, 0.25) is 5.82 Å². The first-order valence-electron chi connectivity index (χ1n) is 4.89. The number of carbonyl (C=O) groups excluding carboxylic acids is 1. The van der Waals surface area contributed by atoms with Gasteiger partial charge in [0.15, 0.2) is 0 Å². The zero-order chi connectivity index (χ0) is 11.1. The second kappa shape index (κ2) is 3.13. The summed E-state index contributed by atoms with van der Waals surface area (Å²) in [6.45, 7) is 2.47. The van der Waals surface area contributed by atoms with Gasteiger partial charge in [0.1, 0.15) is 12.1 Å². The molecule has 1 aliphatic heterocycles. The van der Waals surface area contributed by atoms with E-state index in [9.17, 15) is 4.79 Å². The van der Waals surface area contributed by atoms with Crippen molar-refractivity contribution in [1.82, 2.24) is 19.7 Å². The molecule has 0 aliphatic carbocycles. The molecule has 0 fully saturated rings. The molecule has 80 valence electrons. The highest BCUT2D eigenvalue weighted by Crippen LogP contribution is 2.19. The molecule has 0 saturated carbocycles. The highest BCUT2D eigenvalue weighted by Gasteiger charge is 2.21. The minimum Gasteiger partial charge on any atom is -0.304 e. The van der Waals surface area contributed by atoms with Crippen molar-refractivity contribution in [3.05, 3.63) is 35.5 Å². The first-order chi connectivity index (χ1) is 7.74. The predicted octanol–water partition coefficient (Wildman–Crippen LogP) is 0.596. The van der Waals surface area contributed by atoms with E-state index in [4.69, 9.17) is 0 Å². The molecule has 3 rings (SSSR count). The van der Waals surface area contributed by atoms with Crippen molar-refractivity contribution in [2.45, 2.75) is 13.5 Å². The monoisotopic (exact) mass is 215 g/mol. The Morgan fingerprint density at radius 1 is 1.44 bits per heavy atom. The lowest BCUT2D eigenvalue weighted by atomic mass is 10.2. The van der Waals surface area contributed by atoms with E-state index in [1.54, 1.807) is 10.9 Å². The molecule has 2 aromatic rings. The highest BCUT2D eigenvalue weighted by atomic mass is 16.2. The Balaban J connectivity index is 2.17. The number of hydrogen-bond donors (Lipinski definition) is 1. The molecule has 3 heterocycles. The lowest BCUT2D eigenvalue weighted by molar-refractivity contribution is 0.101. The fraction of sp³-hybridized carbons (Fsp3) is 0.200. The molecule has 1 N–H and O–H groups in total. The third kappa shape index (κ3) is 1.27. The number of amides is 1. The van der Waals surface area contributed by atoms with Crippen LogP contribution >= 0.6 is 0 Å². The van der Waals surface area contributed by atoms with Crippen molar-refractivity contribution in [2.75, 3.05) is 5.32 Å². The zero-order valence-corrected chi connectivity index (χ0v) is 8.64. The van der Waals surface area contributed by atoms with Gasteiger partial charge < -0.3 is 5.32 Å². The molecular weight excluding hydrogens is 206 g/mol. The molecule has 0 unspecified atom stereocenters. The molecule has 6 heteroatoms. The largest absolute Gasteiger partial charge is 0.304 e. The van der Waals surface area contributed by atoms with Gasteiger partial charge in [-0.25, -0.2) is 14.6 Å². The van der Waals surface area contributed by atoms with Crippen molar-refractivity contribution in [3.8, 4) is 0 Å². The minimum atomic E-state index is -0.271. The number of aromatic nitrogens is 4. The van der Waals surface area contributed by atoms with Crippen LogP contribution in [0.3, 0.4) is 0 Å². The van der Waals surface area contributed by atoms with E-state index >= 15 is 0 Å². The van der Waals surface area contributed by atoms with Crippen molar-refractivity contribution in [2.24, 2.45) is 0 Å². The summed E-state index contributed by atoms with van der Waals surface area (Å²) in [7, 11) is 0. The van der Waals surface area contributed by atoms with Gasteiger partial charge in [0, 0.05) is 11.8 Å². The normalized spacial score (nSPS) is 13.7. The number of nitrogens with one attached hydrogen (secondary N) is 1.